The van der Waals surface area contributed by atoms with E-state index in [2.05, 4.69) is 25.5 Å². The average molecular weight is 505 g/mol. The molecule has 3 aliphatic rings. The van der Waals surface area contributed by atoms with Crippen molar-refractivity contribution in [3.8, 4) is 11.5 Å². The van der Waals surface area contributed by atoms with Gasteiger partial charge in [0.1, 0.15) is 0 Å². The van der Waals surface area contributed by atoms with Crippen LogP contribution in [0.1, 0.15) is 39.4 Å². The Morgan fingerprint density at radius 1 is 1.14 bits per heavy atom. The molecule has 2 aromatic heterocycles. The molecule has 11 heteroatoms. The predicted molar refractivity (Wildman–Crippen MR) is 136 cm³/mol. The minimum atomic E-state index is -0.509. The van der Waals surface area contributed by atoms with E-state index in [-0.39, 0.29) is 24.2 Å². The van der Waals surface area contributed by atoms with E-state index in [0.29, 0.717) is 28.2 Å². The summed E-state index contributed by atoms with van der Waals surface area (Å²) in [5, 5.41) is 6.30. The molecule has 2 N–H and O–H groups in total. The second-order valence-corrected chi connectivity index (χ2v) is 9.71. The van der Waals surface area contributed by atoms with Crippen LogP contribution in [0.2, 0.25) is 0 Å². The van der Waals surface area contributed by atoms with E-state index in [1.165, 1.54) is 18.2 Å². The highest BCUT2D eigenvalue weighted by atomic mass is 16.5. The van der Waals surface area contributed by atoms with E-state index in [1.807, 2.05) is 6.07 Å². The van der Waals surface area contributed by atoms with Gasteiger partial charge in [-0.3, -0.25) is 19.5 Å². The van der Waals surface area contributed by atoms with Crippen LogP contribution < -0.4 is 29.9 Å². The number of carbonyl (C=O) groups excluding carboxylic acids is 2. The van der Waals surface area contributed by atoms with Gasteiger partial charge in [0.15, 0.2) is 11.5 Å². The molecule has 0 atom stereocenters. The van der Waals surface area contributed by atoms with E-state index in [1.54, 1.807) is 31.6 Å². The number of oxazole rings is 1. The van der Waals surface area contributed by atoms with E-state index in [9.17, 15) is 9.59 Å². The van der Waals surface area contributed by atoms with Gasteiger partial charge < -0.3 is 29.4 Å². The highest BCUT2D eigenvalue weighted by Crippen LogP contribution is 2.43. The molecule has 11 nitrogen and oxygen atoms in total. The first kappa shape index (κ1) is 23.3. The van der Waals surface area contributed by atoms with Crippen LogP contribution in [-0.2, 0) is 6.54 Å². The predicted octanol–water partition coefficient (Wildman–Crippen LogP) is 2.69. The summed E-state index contributed by atoms with van der Waals surface area (Å²) in [5.74, 6) is 0.278. The molecule has 5 heterocycles. The van der Waals surface area contributed by atoms with Gasteiger partial charge in [-0.15, -0.1) is 0 Å². The van der Waals surface area contributed by atoms with Crippen LogP contribution in [0.5, 0.6) is 11.5 Å². The smallest absolute Gasteiger partial charge is 0.311 e. The summed E-state index contributed by atoms with van der Waals surface area (Å²) in [6.45, 7) is 4.28. The number of piperidine rings is 1. The van der Waals surface area contributed by atoms with Crippen LogP contribution in [0, 0.1) is 5.41 Å². The third-order valence-electron chi connectivity index (χ3n) is 7.47. The number of carbonyl (C=O) groups is 2. The van der Waals surface area contributed by atoms with Crippen LogP contribution in [0.3, 0.4) is 0 Å². The van der Waals surface area contributed by atoms with Crippen molar-refractivity contribution in [3.05, 3.63) is 53.8 Å². The molecule has 0 saturated carbocycles. The summed E-state index contributed by atoms with van der Waals surface area (Å²) in [4.78, 5) is 38.1. The lowest BCUT2D eigenvalue weighted by atomic mass is 9.72. The molecule has 2 fully saturated rings. The number of benzene rings is 1. The fourth-order valence-electron chi connectivity index (χ4n) is 5.45. The highest BCUT2D eigenvalue weighted by molar-refractivity contribution is 6.10. The number of hydrogen-bond acceptors (Lipinski definition) is 9. The molecule has 0 unspecified atom stereocenters. The Bertz CT molecular complexity index is 1360. The van der Waals surface area contributed by atoms with Crippen molar-refractivity contribution in [1.82, 2.24) is 15.3 Å². The third-order valence-corrected chi connectivity index (χ3v) is 7.47. The molecule has 192 valence electrons. The molecule has 2 amide bonds. The molecular weight excluding hydrogens is 476 g/mol. The minimum absolute atomic E-state index is 0.137. The second-order valence-electron chi connectivity index (χ2n) is 9.71. The molecule has 37 heavy (non-hydrogen) atoms. The molecule has 0 radical (unpaired) electrons. The average Bonchev–Trinajstić information content (AvgIpc) is 3.52. The minimum Gasteiger partial charge on any atom is -0.493 e. The number of nitrogens with zero attached hydrogens (tertiary/aromatic N) is 4. The highest BCUT2D eigenvalue weighted by Gasteiger charge is 2.44. The summed E-state index contributed by atoms with van der Waals surface area (Å²) in [5.41, 5.74) is 3.13. The van der Waals surface area contributed by atoms with Gasteiger partial charge in [-0.05, 0) is 49.7 Å². The number of pyridine rings is 1. The van der Waals surface area contributed by atoms with Crippen LogP contribution in [-0.4, -0.2) is 62.2 Å². The van der Waals surface area contributed by atoms with Gasteiger partial charge in [0.2, 0.25) is 5.88 Å². The summed E-state index contributed by atoms with van der Waals surface area (Å²) in [6, 6.07) is 5.32. The normalized spacial score (nSPS) is 17.9. The first-order valence-corrected chi connectivity index (χ1v) is 12.2. The number of amides is 2. The van der Waals surface area contributed by atoms with Gasteiger partial charge >= 0.3 is 5.91 Å². The van der Waals surface area contributed by atoms with Crippen molar-refractivity contribution in [2.24, 2.45) is 5.41 Å². The quantitative estimate of drug-likeness (QED) is 0.522. The van der Waals surface area contributed by atoms with Crippen molar-refractivity contribution in [3.63, 3.8) is 0 Å². The maximum atomic E-state index is 13.0. The zero-order valence-corrected chi connectivity index (χ0v) is 20.7. The van der Waals surface area contributed by atoms with E-state index < -0.39 is 5.91 Å². The zero-order valence-electron chi connectivity index (χ0n) is 20.7. The number of methoxy groups -OCH3 is 2. The molecular formula is C26H28N6O5. The SMILES string of the molecule is COc1cc2c(cc1OC)C(=O)N(c1cnc(C(=O)Nc3cnccc3N3CC4(CCNCC4)C3)o1)C2. The number of aromatic nitrogens is 2. The van der Waals surface area contributed by atoms with Crippen molar-refractivity contribution >= 4 is 29.1 Å². The van der Waals surface area contributed by atoms with Crippen LogP contribution in [0.25, 0.3) is 0 Å². The van der Waals surface area contributed by atoms with Gasteiger partial charge in [-0.2, -0.15) is 0 Å². The second kappa shape index (κ2) is 9.07. The number of rotatable bonds is 6. The summed E-state index contributed by atoms with van der Waals surface area (Å²) < 4.78 is 16.4. The van der Waals surface area contributed by atoms with Gasteiger partial charge in [0, 0.05) is 30.3 Å². The Labute approximate surface area is 213 Å². The number of ether oxygens (including phenoxy) is 2. The van der Waals surface area contributed by atoms with Crippen LogP contribution in [0.4, 0.5) is 17.3 Å². The van der Waals surface area contributed by atoms with Crippen molar-refractivity contribution in [2.75, 3.05) is 55.5 Å². The van der Waals surface area contributed by atoms with E-state index in [4.69, 9.17) is 13.9 Å². The van der Waals surface area contributed by atoms with E-state index in [0.717, 1.165) is 50.3 Å². The Morgan fingerprint density at radius 2 is 1.89 bits per heavy atom. The maximum absolute atomic E-state index is 13.0. The lowest BCUT2D eigenvalue weighted by molar-refractivity contribution is 0.0971. The number of nitrogens with one attached hydrogen (secondary N) is 2. The zero-order chi connectivity index (χ0) is 25.6. The Hall–Kier alpha value is -4.12. The summed E-state index contributed by atoms with van der Waals surface area (Å²) >= 11 is 0. The maximum Gasteiger partial charge on any atom is 0.311 e. The lowest BCUT2D eigenvalue weighted by Gasteiger charge is -2.53. The van der Waals surface area contributed by atoms with Crippen molar-refractivity contribution < 1.29 is 23.5 Å². The first-order chi connectivity index (χ1) is 18.0. The van der Waals surface area contributed by atoms with E-state index >= 15 is 0 Å². The van der Waals surface area contributed by atoms with Gasteiger partial charge in [0.25, 0.3) is 11.8 Å². The van der Waals surface area contributed by atoms with Crippen molar-refractivity contribution in [2.45, 2.75) is 19.4 Å². The number of fused-ring (bicyclic) bond motifs is 1. The van der Waals surface area contributed by atoms with Gasteiger partial charge in [-0.25, -0.2) is 4.98 Å². The van der Waals surface area contributed by atoms with Crippen molar-refractivity contribution in [1.29, 1.82) is 0 Å². The Balaban J connectivity index is 1.16. The largest absolute Gasteiger partial charge is 0.493 e. The standard InChI is InChI=1S/C26H28N6O5/c1-35-20-9-16-13-32(25(34)17(16)10-21(20)36-2)22-12-29-24(37-22)23(33)30-18-11-28-6-3-19(18)31-14-26(15-31)4-7-27-8-5-26/h3,6,9-12,27H,4-5,7-8,13-15H2,1-2H3,(H,30,33). The van der Waals surface area contributed by atoms with Crippen LogP contribution in [0.15, 0.2) is 41.2 Å². The summed E-state index contributed by atoms with van der Waals surface area (Å²) in [7, 11) is 3.06. The third kappa shape index (κ3) is 4.05. The Morgan fingerprint density at radius 3 is 2.65 bits per heavy atom. The molecule has 6 rings (SSSR count). The summed E-state index contributed by atoms with van der Waals surface area (Å²) in [6.07, 6.45) is 7.06. The topological polar surface area (TPSA) is 122 Å². The first-order valence-electron chi connectivity index (χ1n) is 12.2. The fraction of sp³-hybridized carbons (Fsp3) is 0.385. The lowest BCUT2D eigenvalue weighted by Crippen LogP contribution is -2.60. The molecule has 2 saturated heterocycles. The molecule has 0 bridgehead atoms. The van der Waals surface area contributed by atoms with Gasteiger partial charge in [0.05, 0.1) is 44.5 Å². The monoisotopic (exact) mass is 504 g/mol. The molecule has 1 spiro atoms. The van der Waals surface area contributed by atoms with Crippen LogP contribution >= 0.6 is 0 Å². The number of anilines is 3. The Kier molecular flexibility index (Phi) is 5.71. The van der Waals surface area contributed by atoms with Gasteiger partial charge in [-0.1, -0.05) is 0 Å². The molecule has 3 aliphatic heterocycles. The molecule has 1 aromatic carbocycles. The number of hydrogen-bond donors (Lipinski definition) is 2. The fourth-order valence-corrected chi connectivity index (χ4v) is 5.45. The molecule has 3 aromatic rings. The molecule has 0 aliphatic carbocycles.